The quantitative estimate of drug-likeness (QED) is 0.876. The Morgan fingerprint density at radius 3 is 2.47 bits per heavy atom. The Labute approximate surface area is 115 Å². The number of aliphatic hydroxyl groups is 1. The molecule has 1 heterocycles. The monoisotopic (exact) mass is 260 g/mol. The lowest BCUT2D eigenvalue weighted by atomic mass is 9.73. The third kappa shape index (κ3) is 2.70. The molecule has 3 atom stereocenters. The van der Waals surface area contributed by atoms with Crippen molar-refractivity contribution in [2.24, 2.45) is 17.8 Å². The number of benzene rings is 1. The second-order valence-electron chi connectivity index (χ2n) is 6.64. The van der Waals surface area contributed by atoms with Crippen LogP contribution in [-0.4, -0.2) is 5.11 Å². The molecule has 104 valence electrons. The van der Waals surface area contributed by atoms with E-state index in [1.54, 1.807) is 0 Å². The molecule has 3 unspecified atom stereocenters. The molecule has 1 aliphatic heterocycles. The Morgan fingerprint density at radius 1 is 1.05 bits per heavy atom. The van der Waals surface area contributed by atoms with E-state index in [2.05, 4.69) is 32.0 Å². The van der Waals surface area contributed by atoms with Gasteiger partial charge in [-0.15, -0.1) is 0 Å². The topological polar surface area (TPSA) is 29.5 Å². The Hall–Kier alpha value is -0.860. The molecule has 2 aliphatic rings. The van der Waals surface area contributed by atoms with E-state index >= 15 is 0 Å². The van der Waals surface area contributed by atoms with E-state index in [0.29, 0.717) is 12.5 Å². The summed E-state index contributed by atoms with van der Waals surface area (Å²) in [6.07, 6.45) is 3.30. The van der Waals surface area contributed by atoms with Crippen molar-refractivity contribution in [1.82, 2.24) is 0 Å². The lowest BCUT2D eigenvalue weighted by Crippen LogP contribution is -2.24. The number of aliphatic hydroxyl groups excluding tert-OH is 1. The van der Waals surface area contributed by atoms with E-state index in [9.17, 15) is 5.11 Å². The molecule has 1 saturated carbocycles. The molecule has 0 bridgehead atoms. The lowest BCUT2D eigenvalue weighted by Gasteiger charge is -2.34. The van der Waals surface area contributed by atoms with E-state index in [1.807, 2.05) is 0 Å². The summed E-state index contributed by atoms with van der Waals surface area (Å²) in [5.41, 5.74) is 3.62. The molecule has 2 nitrogen and oxygen atoms in total. The standard InChI is InChI=1S/C17H24O2/c1-11-5-12(2)7-15(6-11)17(18)13-3-4-14-9-19-10-16(14)8-13/h3-4,8,11-12,15,17-18H,5-7,9-10H2,1-2H3. The fraction of sp³-hybridized carbons (Fsp3) is 0.647. The van der Waals surface area contributed by atoms with Crippen LogP contribution in [0, 0.1) is 17.8 Å². The molecule has 0 saturated heterocycles. The van der Waals surface area contributed by atoms with Gasteiger partial charge in [-0.3, -0.25) is 0 Å². The minimum absolute atomic E-state index is 0.309. The van der Waals surface area contributed by atoms with Gasteiger partial charge in [0.1, 0.15) is 0 Å². The summed E-state index contributed by atoms with van der Waals surface area (Å²) in [6, 6.07) is 6.36. The fourth-order valence-electron chi connectivity index (χ4n) is 3.92. The first kappa shape index (κ1) is 13.1. The molecular weight excluding hydrogens is 236 g/mol. The normalized spacial score (nSPS) is 32.1. The second kappa shape index (κ2) is 5.26. The highest BCUT2D eigenvalue weighted by Crippen LogP contribution is 2.40. The van der Waals surface area contributed by atoms with E-state index in [1.165, 1.54) is 17.5 Å². The molecule has 0 spiro atoms. The van der Waals surface area contributed by atoms with Crippen molar-refractivity contribution >= 4 is 0 Å². The van der Waals surface area contributed by atoms with Crippen LogP contribution in [0.5, 0.6) is 0 Å². The molecule has 1 fully saturated rings. The summed E-state index contributed by atoms with van der Waals surface area (Å²) in [5, 5.41) is 10.7. The van der Waals surface area contributed by atoms with Crippen LogP contribution >= 0.6 is 0 Å². The first-order valence-electron chi connectivity index (χ1n) is 7.51. The van der Waals surface area contributed by atoms with E-state index < -0.39 is 0 Å². The zero-order valence-corrected chi connectivity index (χ0v) is 11.9. The molecule has 1 aliphatic carbocycles. The Kier molecular flexibility index (Phi) is 3.64. The summed E-state index contributed by atoms with van der Waals surface area (Å²) >= 11 is 0. The second-order valence-corrected chi connectivity index (χ2v) is 6.64. The van der Waals surface area contributed by atoms with Crippen LogP contribution in [0.2, 0.25) is 0 Å². The number of ether oxygens (including phenoxy) is 1. The third-order valence-corrected chi connectivity index (χ3v) is 4.75. The average Bonchev–Trinajstić information content (AvgIpc) is 2.83. The van der Waals surface area contributed by atoms with Gasteiger partial charge in [0, 0.05) is 0 Å². The average molecular weight is 260 g/mol. The molecule has 19 heavy (non-hydrogen) atoms. The summed E-state index contributed by atoms with van der Waals surface area (Å²) in [4.78, 5) is 0. The third-order valence-electron chi connectivity index (χ3n) is 4.75. The summed E-state index contributed by atoms with van der Waals surface area (Å²) in [6.45, 7) is 6.05. The van der Waals surface area contributed by atoms with Gasteiger partial charge in [0.05, 0.1) is 19.3 Å². The highest BCUT2D eigenvalue weighted by Gasteiger charge is 2.30. The van der Waals surface area contributed by atoms with Gasteiger partial charge in [-0.1, -0.05) is 32.0 Å². The van der Waals surface area contributed by atoms with Crippen molar-refractivity contribution in [3.05, 3.63) is 34.9 Å². The van der Waals surface area contributed by atoms with Gasteiger partial charge >= 0.3 is 0 Å². The predicted octanol–water partition coefficient (Wildman–Crippen LogP) is 3.82. The Balaban J connectivity index is 1.77. The van der Waals surface area contributed by atoms with E-state index in [-0.39, 0.29) is 6.10 Å². The Bertz CT molecular complexity index is 445. The predicted molar refractivity (Wildman–Crippen MR) is 75.6 cm³/mol. The van der Waals surface area contributed by atoms with Crippen LogP contribution in [-0.2, 0) is 18.0 Å². The molecular formula is C17H24O2. The van der Waals surface area contributed by atoms with Gasteiger partial charge in [0.2, 0.25) is 0 Å². The molecule has 1 N–H and O–H groups in total. The lowest BCUT2D eigenvalue weighted by molar-refractivity contribution is 0.0551. The van der Waals surface area contributed by atoms with Gasteiger partial charge in [-0.05, 0) is 53.7 Å². The minimum atomic E-state index is -0.309. The van der Waals surface area contributed by atoms with E-state index in [0.717, 1.165) is 36.8 Å². The minimum Gasteiger partial charge on any atom is -0.388 e. The fourth-order valence-corrected chi connectivity index (χ4v) is 3.92. The maximum atomic E-state index is 10.7. The van der Waals surface area contributed by atoms with Crippen LogP contribution in [0.25, 0.3) is 0 Å². The number of hydrogen-bond acceptors (Lipinski definition) is 2. The summed E-state index contributed by atoms with van der Waals surface area (Å²) < 4.78 is 5.45. The van der Waals surface area contributed by atoms with Crippen molar-refractivity contribution in [2.75, 3.05) is 0 Å². The van der Waals surface area contributed by atoms with Crippen molar-refractivity contribution < 1.29 is 9.84 Å². The molecule has 3 rings (SSSR count). The van der Waals surface area contributed by atoms with Crippen LogP contribution in [0.3, 0.4) is 0 Å². The first-order valence-corrected chi connectivity index (χ1v) is 7.51. The zero-order chi connectivity index (χ0) is 13.4. The SMILES string of the molecule is CC1CC(C)CC(C(O)c2ccc3c(c2)COC3)C1. The molecule has 0 amide bonds. The molecule has 0 aromatic heterocycles. The van der Waals surface area contributed by atoms with Crippen molar-refractivity contribution in [2.45, 2.75) is 52.4 Å². The largest absolute Gasteiger partial charge is 0.388 e. The van der Waals surface area contributed by atoms with Crippen molar-refractivity contribution in [1.29, 1.82) is 0 Å². The van der Waals surface area contributed by atoms with Crippen LogP contribution in [0.15, 0.2) is 18.2 Å². The van der Waals surface area contributed by atoms with Crippen molar-refractivity contribution in [3.63, 3.8) is 0 Å². The van der Waals surface area contributed by atoms with Gasteiger partial charge in [-0.25, -0.2) is 0 Å². The smallest absolute Gasteiger partial charge is 0.0818 e. The molecule has 1 aromatic carbocycles. The summed E-state index contributed by atoms with van der Waals surface area (Å²) in [7, 11) is 0. The molecule has 2 heteroatoms. The number of rotatable bonds is 2. The summed E-state index contributed by atoms with van der Waals surface area (Å²) in [5.74, 6) is 1.89. The van der Waals surface area contributed by atoms with Crippen LogP contribution in [0.1, 0.15) is 55.9 Å². The highest BCUT2D eigenvalue weighted by molar-refractivity contribution is 5.34. The zero-order valence-electron chi connectivity index (χ0n) is 11.9. The van der Waals surface area contributed by atoms with Gasteiger partial charge in [0.15, 0.2) is 0 Å². The van der Waals surface area contributed by atoms with Crippen LogP contribution < -0.4 is 0 Å². The van der Waals surface area contributed by atoms with E-state index in [4.69, 9.17) is 4.74 Å². The first-order chi connectivity index (χ1) is 9.13. The number of fused-ring (bicyclic) bond motifs is 1. The van der Waals surface area contributed by atoms with Crippen LogP contribution in [0.4, 0.5) is 0 Å². The number of hydrogen-bond donors (Lipinski definition) is 1. The van der Waals surface area contributed by atoms with Gasteiger partial charge in [0.25, 0.3) is 0 Å². The van der Waals surface area contributed by atoms with Gasteiger partial charge < -0.3 is 9.84 Å². The maximum Gasteiger partial charge on any atom is 0.0818 e. The molecule has 1 aromatic rings. The molecule has 0 radical (unpaired) electrons. The maximum absolute atomic E-state index is 10.7. The van der Waals surface area contributed by atoms with Crippen molar-refractivity contribution in [3.8, 4) is 0 Å². The Morgan fingerprint density at radius 2 is 1.74 bits per heavy atom. The highest BCUT2D eigenvalue weighted by atomic mass is 16.5. The van der Waals surface area contributed by atoms with Gasteiger partial charge in [-0.2, -0.15) is 0 Å².